The van der Waals surface area contributed by atoms with E-state index in [2.05, 4.69) is 5.32 Å². The molecule has 0 saturated carbocycles. The number of nitrogens with one attached hydrogen (secondary N) is 1. The molecule has 1 heterocycles. The van der Waals surface area contributed by atoms with Crippen LogP contribution in [0.3, 0.4) is 0 Å². The van der Waals surface area contributed by atoms with Crippen LogP contribution in [0.1, 0.15) is 33.3 Å². The quantitative estimate of drug-likeness (QED) is 0.550. The number of fused-ring (bicyclic) bond motifs is 1. The molecule has 128 valence electrons. The lowest BCUT2D eigenvalue weighted by Crippen LogP contribution is -2.29. The number of carbonyl (C=O) groups excluding carboxylic acids is 1. The van der Waals surface area contributed by atoms with Crippen LogP contribution >= 0.6 is 0 Å². The highest BCUT2D eigenvalue weighted by Crippen LogP contribution is 2.24. The average Bonchev–Trinajstić information content (AvgIpc) is 3.10. The number of benzene rings is 3. The van der Waals surface area contributed by atoms with Gasteiger partial charge in [0.25, 0.3) is 5.91 Å². The number of furan rings is 1. The van der Waals surface area contributed by atoms with E-state index < -0.39 is 0 Å². The first-order valence-electron chi connectivity index (χ1n) is 8.62. The first-order valence-corrected chi connectivity index (χ1v) is 8.62. The summed E-state index contributed by atoms with van der Waals surface area (Å²) in [5.74, 6) is 0.0963. The van der Waals surface area contributed by atoms with Crippen LogP contribution in [0.5, 0.6) is 0 Å². The van der Waals surface area contributed by atoms with Crippen LogP contribution < -0.4 is 5.32 Å². The van der Waals surface area contributed by atoms with Crippen molar-refractivity contribution in [2.24, 2.45) is 0 Å². The van der Waals surface area contributed by atoms with Gasteiger partial charge in [-0.15, -0.1) is 0 Å². The Morgan fingerprint density at radius 2 is 1.46 bits per heavy atom. The lowest BCUT2D eigenvalue weighted by molar-refractivity contribution is 0.0917. The van der Waals surface area contributed by atoms with E-state index in [1.165, 1.54) is 0 Å². The average molecular weight is 341 g/mol. The second kappa shape index (κ2) is 6.89. The van der Waals surface area contributed by atoms with Gasteiger partial charge in [0.1, 0.15) is 5.58 Å². The van der Waals surface area contributed by atoms with Crippen molar-refractivity contribution in [3.8, 4) is 0 Å². The van der Waals surface area contributed by atoms with Gasteiger partial charge in [0, 0.05) is 5.39 Å². The molecule has 1 amide bonds. The largest absolute Gasteiger partial charge is 0.451 e. The molecule has 0 unspecified atom stereocenters. The lowest BCUT2D eigenvalue weighted by Gasteiger charge is -2.19. The molecule has 26 heavy (non-hydrogen) atoms. The Hall–Kier alpha value is -3.33. The van der Waals surface area contributed by atoms with Crippen LogP contribution in [0.2, 0.25) is 0 Å². The zero-order chi connectivity index (χ0) is 17.9. The molecule has 0 fully saturated rings. The van der Waals surface area contributed by atoms with Gasteiger partial charge in [-0.05, 0) is 35.7 Å². The van der Waals surface area contributed by atoms with Gasteiger partial charge in [-0.25, -0.2) is 0 Å². The molecule has 1 N–H and O–H groups in total. The van der Waals surface area contributed by atoms with Crippen molar-refractivity contribution in [1.82, 2.24) is 5.32 Å². The number of amides is 1. The van der Waals surface area contributed by atoms with Gasteiger partial charge in [0.05, 0.1) is 6.04 Å². The van der Waals surface area contributed by atoms with Crippen LogP contribution in [0.4, 0.5) is 0 Å². The minimum absolute atomic E-state index is 0.225. The van der Waals surface area contributed by atoms with Crippen LogP contribution in [-0.4, -0.2) is 5.91 Å². The minimum Gasteiger partial charge on any atom is -0.451 e. The molecule has 0 atom stereocenters. The Bertz CT molecular complexity index is 996. The molecule has 3 nitrogen and oxygen atoms in total. The van der Waals surface area contributed by atoms with E-state index in [9.17, 15) is 4.79 Å². The number of hydrogen-bond acceptors (Lipinski definition) is 2. The molecule has 0 aliphatic heterocycles. The predicted molar refractivity (Wildman–Crippen MR) is 103 cm³/mol. The van der Waals surface area contributed by atoms with Crippen LogP contribution in [0.25, 0.3) is 11.0 Å². The Morgan fingerprint density at radius 1 is 0.846 bits per heavy atom. The standard InChI is InChI=1S/C23H19NO2/c1-16-12-13-19-15-21(26-20(19)14-16)23(25)24-22(17-8-4-2-5-9-17)18-10-6-3-7-11-18/h2-15,22H,1H3,(H,24,25). The predicted octanol–water partition coefficient (Wildman–Crippen LogP) is 5.26. The first kappa shape index (κ1) is 16.2. The fourth-order valence-electron chi connectivity index (χ4n) is 3.10. The Labute approximate surface area is 152 Å². The molecule has 0 aliphatic rings. The van der Waals surface area contributed by atoms with E-state index in [1.54, 1.807) is 6.07 Å². The summed E-state index contributed by atoms with van der Waals surface area (Å²) >= 11 is 0. The molecule has 3 aromatic carbocycles. The summed E-state index contributed by atoms with van der Waals surface area (Å²) in [7, 11) is 0. The van der Waals surface area contributed by atoms with Gasteiger partial charge < -0.3 is 9.73 Å². The second-order valence-corrected chi connectivity index (χ2v) is 6.38. The molecule has 0 radical (unpaired) electrons. The summed E-state index contributed by atoms with van der Waals surface area (Å²) in [6, 6.07) is 27.4. The van der Waals surface area contributed by atoms with Crippen LogP contribution in [-0.2, 0) is 0 Å². The van der Waals surface area contributed by atoms with Crippen LogP contribution in [0, 0.1) is 6.92 Å². The molecule has 4 rings (SSSR count). The fourth-order valence-corrected chi connectivity index (χ4v) is 3.10. The second-order valence-electron chi connectivity index (χ2n) is 6.38. The van der Waals surface area contributed by atoms with Gasteiger partial charge in [0.15, 0.2) is 5.76 Å². The maximum Gasteiger partial charge on any atom is 0.287 e. The Balaban J connectivity index is 1.67. The molecule has 0 bridgehead atoms. The molecule has 4 aromatic rings. The van der Waals surface area contributed by atoms with Gasteiger partial charge >= 0.3 is 0 Å². The summed E-state index contributed by atoms with van der Waals surface area (Å²) < 4.78 is 5.77. The maximum atomic E-state index is 12.9. The van der Waals surface area contributed by atoms with Crippen molar-refractivity contribution in [1.29, 1.82) is 0 Å². The van der Waals surface area contributed by atoms with Gasteiger partial charge in [-0.3, -0.25) is 4.79 Å². The SMILES string of the molecule is Cc1ccc2cc(C(=O)NC(c3ccccc3)c3ccccc3)oc2c1. The van der Waals surface area contributed by atoms with Crippen molar-refractivity contribution < 1.29 is 9.21 Å². The third-order valence-electron chi connectivity index (χ3n) is 4.44. The molecular weight excluding hydrogens is 322 g/mol. The van der Waals surface area contributed by atoms with Crippen molar-refractivity contribution in [2.45, 2.75) is 13.0 Å². The van der Waals surface area contributed by atoms with Gasteiger partial charge in [-0.2, -0.15) is 0 Å². The third-order valence-corrected chi connectivity index (χ3v) is 4.44. The molecular formula is C23H19NO2. The topological polar surface area (TPSA) is 42.2 Å². The monoisotopic (exact) mass is 341 g/mol. The highest BCUT2D eigenvalue weighted by Gasteiger charge is 2.20. The highest BCUT2D eigenvalue weighted by atomic mass is 16.3. The number of carbonyl (C=O) groups is 1. The summed E-state index contributed by atoms with van der Waals surface area (Å²) in [5, 5.41) is 4.04. The Kier molecular flexibility index (Phi) is 4.28. The summed E-state index contributed by atoms with van der Waals surface area (Å²) in [5.41, 5.74) is 3.88. The normalized spacial score (nSPS) is 11.0. The maximum absolute atomic E-state index is 12.9. The van der Waals surface area contributed by atoms with Crippen molar-refractivity contribution >= 4 is 16.9 Å². The number of rotatable bonds is 4. The first-order chi connectivity index (χ1) is 12.7. The van der Waals surface area contributed by atoms with E-state index in [-0.39, 0.29) is 11.9 Å². The van der Waals surface area contributed by atoms with Gasteiger partial charge in [0.2, 0.25) is 0 Å². The fraction of sp³-hybridized carbons (Fsp3) is 0.0870. The van der Waals surface area contributed by atoms with E-state index in [1.807, 2.05) is 85.8 Å². The number of hydrogen-bond donors (Lipinski definition) is 1. The molecule has 1 aromatic heterocycles. The molecule has 0 spiro atoms. The van der Waals surface area contributed by atoms with Gasteiger partial charge in [-0.1, -0.05) is 72.8 Å². The smallest absolute Gasteiger partial charge is 0.287 e. The zero-order valence-electron chi connectivity index (χ0n) is 14.5. The van der Waals surface area contributed by atoms with Crippen molar-refractivity contribution in [2.75, 3.05) is 0 Å². The van der Waals surface area contributed by atoms with Crippen LogP contribution in [0.15, 0.2) is 89.3 Å². The summed E-state index contributed by atoms with van der Waals surface area (Å²) in [4.78, 5) is 12.9. The minimum atomic E-state index is -0.236. The molecule has 0 aliphatic carbocycles. The van der Waals surface area contributed by atoms with E-state index >= 15 is 0 Å². The van der Waals surface area contributed by atoms with Crippen molar-refractivity contribution in [3.63, 3.8) is 0 Å². The molecule has 3 heteroatoms. The third kappa shape index (κ3) is 3.24. The number of aryl methyl sites for hydroxylation is 1. The highest BCUT2D eigenvalue weighted by molar-refractivity contribution is 5.96. The van der Waals surface area contributed by atoms with E-state index in [4.69, 9.17) is 4.42 Å². The van der Waals surface area contributed by atoms with E-state index in [0.29, 0.717) is 5.76 Å². The van der Waals surface area contributed by atoms with Crippen molar-refractivity contribution in [3.05, 3.63) is 107 Å². The lowest BCUT2D eigenvalue weighted by atomic mass is 9.98. The Morgan fingerprint density at radius 3 is 2.08 bits per heavy atom. The van der Waals surface area contributed by atoms with E-state index in [0.717, 1.165) is 27.7 Å². The molecule has 0 saturated heterocycles. The summed E-state index contributed by atoms with van der Waals surface area (Å²) in [6.07, 6.45) is 0. The zero-order valence-corrected chi connectivity index (χ0v) is 14.5. The summed E-state index contributed by atoms with van der Waals surface area (Å²) in [6.45, 7) is 2.00.